The molecule has 5 heteroatoms. The van der Waals surface area contributed by atoms with Crippen molar-refractivity contribution in [1.29, 1.82) is 0 Å². The molecule has 5 nitrogen and oxygen atoms in total. The molecule has 0 bridgehead atoms. The normalized spacial score (nSPS) is 13.4. The highest BCUT2D eigenvalue weighted by atomic mass is 16.6. The summed E-state index contributed by atoms with van der Waals surface area (Å²) in [7, 11) is 0. The van der Waals surface area contributed by atoms with Crippen molar-refractivity contribution in [3.63, 3.8) is 0 Å². The molecular weight excluding hydrogens is 304 g/mol. The molecule has 2 aromatic carbocycles. The number of aryl methyl sites for hydroxylation is 1. The summed E-state index contributed by atoms with van der Waals surface area (Å²) in [6.07, 6.45) is 1.87. The Morgan fingerprint density at radius 3 is 2.17 bits per heavy atom. The molecule has 24 heavy (non-hydrogen) atoms. The van der Waals surface area contributed by atoms with Crippen molar-refractivity contribution in [2.45, 2.75) is 12.8 Å². The maximum Gasteiger partial charge on any atom is 0.261 e. The van der Waals surface area contributed by atoms with Crippen LogP contribution in [-0.2, 0) is 11.3 Å². The Labute approximate surface area is 141 Å². The summed E-state index contributed by atoms with van der Waals surface area (Å²) >= 11 is 0. The zero-order chi connectivity index (χ0) is 16.8. The lowest BCUT2D eigenvalue weighted by molar-refractivity contribution is 0.0330. The van der Waals surface area contributed by atoms with Gasteiger partial charge in [-0.15, -0.1) is 0 Å². The first-order chi connectivity index (χ1) is 11.8. The Morgan fingerprint density at radius 1 is 0.875 bits per heavy atom. The fraction of sp³-hybridized carbons (Fsp3) is 0.263. The fourth-order valence-electron chi connectivity index (χ4n) is 2.74. The Morgan fingerprint density at radius 2 is 1.50 bits per heavy atom. The van der Waals surface area contributed by atoms with Gasteiger partial charge in [-0.05, 0) is 30.5 Å². The van der Waals surface area contributed by atoms with Gasteiger partial charge in [-0.3, -0.25) is 14.5 Å². The molecule has 0 saturated carbocycles. The predicted molar refractivity (Wildman–Crippen MR) is 90.5 cm³/mol. The number of rotatable bonds is 8. The molecular formula is C19H20N2O3. The largest absolute Gasteiger partial charge is 0.302 e. The second-order valence-electron chi connectivity index (χ2n) is 5.64. The first kappa shape index (κ1) is 16.4. The number of carbonyl (C=O) groups is 2. The molecule has 124 valence electrons. The highest BCUT2D eigenvalue weighted by molar-refractivity contribution is 6.21. The van der Waals surface area contributed by atoms with Crippen LogP contribution in [0.5, 0.6) is 0 Å². The smallest absolute Gasteiger partial charge is 0.261 e. The van der Waals surface area contributed by atoms with Crippen molar-refractivity contribution in [2.24, 2.45) is 0 Å². The van der Waals surface area contributed by atoms with E-state index in [4.69, 9.17) is 4.84 Å². The topological polar surface area (TPSA) is 58.6 Å². The third-order valence-corrected chi connectivity index (χ3v) is 3.97. The second kappa shape index (κ2) is 7.86. The molecule has 0 radical (unpaired) electrons. The van der Waals surface area contributed by atoms with Gasteiger partial charge in [0.05, 0.1) is 17.7 Å². The lowest BCUT2D eigenvalue weighted by Crippen LogP contribution is -2.36. The number of hydrogen-bond acceptors (Lipinski definition) is 4. The minimum absolute atomic E-state index is 0.235. The summed E-state index contributed by atoms with van der Waals surface area (Å²) in [6.45, 7) is 1.29. The third-order valence-electron chi connectivity index (χ3n) is 3.97. The zero-order valence-electron chi connectivity index (χ0n) is 13.4. The first-order valence-corrected chi connectivity index (χ1v) is 8.11. The number of benzene rings is 2. The van der Waals surface area contributed by atoms with E-state index >= 15 is 0 Å². The van der Waals surface area contributed by atoms with Crippen LogP contribution in [0.4, 0.5) is 0 Å². The van der Waals surface area contributed by atoms with Gasteiger partial charge in [-0.25, -0.2) is 5.48 Å². The average Bonchev–Trinajstić information content (AvgIpc) is 2.87. The zero-order valence-corrected chi connectivity index (χ0v) is 13.4. The van der Waals surface area contributed by atoms with Crippen molar-refractivity contribution in [2.75, 3.05) is 19.7 Å². The number of carbonyl (C=O) groups excluding carboxylic acids is 2. The van der Waals surface area contributed by atoms with Crippen LogP contribution in [0.15, 0.2) is 54.6 Å². The summed E-state index contributed by atoms with van der Waals surface area (Å²) in [5.74, 6) is -0.469. The van der Waals surface area contributed by atoms with E-state index in [1.807, 2.05) is 18.2 Å². The van der Waals surface area contributed by atoms with Crippen molar-refractivity contribution in [1.82, 2.24) is 10.4 Å². The number of nitrogens with one attached hydrogen (secondary N) is 1. The molecule has 0 spiro atoms. The van der Waals surface area contributed by atoms with Crippen LogP contribution in [0, 0.1) is 0 Å². The molecule has 2 aromatic rings. The maximum absolute atomic E-state index is 12.2. The highest BCUT2D eigenvalue weighted by Gasteiger charge is 2.34. The molecule has 0 fully saturated rings. The molecule has 0 aliphatic carbocycles. The van der Waals surface area contributed by atoms with Crippen LogP contribution in [0.25, 0.3) is 0 Å². The minimum Gasteiger partial charge on any atom is -0.302 e. The molecule has 2 amide bonds. The van der Waals surface area contributed by atoms with E-state index in [0.717, 1.165) is 12.8 Å². The van der Waals surface area contributed by atoms with Crippen LogP contribution < -0.4 is 5.48 Å². The van der Waals surface area contributed by atoms with Gasteiger partial charge >= 0.3 is 0 Å². The maximum atomic E-state index is 12.2. The lowest BCUT2D eigenvalue weighted by atomic mass is 10.1. The van der Waals surface area contributed by atoms with Crippen molar-refractivity contribution >= 4 is 11.8 Å². The molecule has 0 aromatic heterocycles. The number of nitrogens with zero attached hydrogens (tertiary/aromatic N) is 1. The minimum atomic E-state index is -0.235. The monoisotopic (exact) mass is 324 g/mol. The third kappa shape index (κ3) is 3.69. The summed E-state index contributed by atoms with van der Waals surface area (Å²) < 4.78 is 0. The van der Waals surface area contributed by atoms with E-state index < -0.39 is 0 Å². The Balaban J connectivity index is 1.34. The first-order valence-electron chi connectivity index (χ1n) is 8.11. The van der Waals surface area contributed by atoms with Crippen molar-refractivity contribution in [3.8, 4) is 0 Å². The van der Waals surface area contributed by atoms with E-state index in [1.54, 1.807) is 24.3 Å². The number of hydrogen-bond donors (Lipinski definition) is 1. The van der Waals surface area contributed by atoms with Crippen LogP contribution in [0.2, 0.25) is 0 Å². The average molecular weight is 324 g/mol. The molecule has 0 atom stereocenters. The van der Waals surface area contributed by atoms with Gasteiger partial charge in [0.15, 0.2) is 0 Å². The summed E-state index contributed by atoms with van der Waals surface area (Å²) in [6, 6.07) is 17.1. The molecule has 3 rings (SSSR count). The molecule has 1 aliphatic heterocycles. The SMILES string of the molecule is O=C1c2ccccc2C(=O)N1CCNOCCCc1ccccc1. The van der Waals surface area contributed by atoms with E-state index in [0.29, 0.717) is 30.8 Å². The van der Waals surface area contributed by atoms with Gasteiger partial charge in [-0.2, -0.15) is 0 Å². The van der Waals surface area contributed by atoms with E-state index in [9.17, 15) is 9.59 Å². The number of fused-ring (bicyclic) bond motifs is 1. The van der Waals surface area contributed by atoms with Crippen LogP contribution in [-0.4, -0.2) is 36.4 Å². The van der Waals surface area contributed by atoms with E-state index in [2.05, 4.69) is 17.6 Å². The molecule has 0 saturated heterocycles. The van der Waals surface area contributed by atoms with Gasteiger partial charge in [0, 0.05) is 13.1 Å². The molecule has 1 aliphatic rings. The summed E-state index contributed by atoms with van der Waals surface area (Å²) in [5.41, 5.74) is 5.06. The van der Waals surface area contributed by atoms with Gasteiger partial charge in [0.1, 0.15) is 0 Å². The number of imide groups is 1. The quantitative estimate of drug-likeness (QED) is 0.460. The predicted octanol–water partition coefficient (Wildman–Crippen LogP) is 2.44. The fourth-order valence-corrected chi connectivity index (χ4v) is 2.74. The van der Waals surface area contributed by atoms with Gasteiger partial charge in [-0.1, -0.05) is 42.5 Å². The summed E-state index contributed by atoms with van der Waals surface area (Å²) in [5, 5.41) is 0. The van der Waals surface area contributed by atoms with Crippen molar-refractivity contribution in [3.05, 3.63) is 71.3 Å². The molecule has 0 unspecified atom stereocenters. The molecule has 1 heterocycles. The van der Waals surface area contributed by atoms with E-state index in [-0.39, 0.29) is 11.8 Å². The van der Waals surface area contributed by atoms with Crippen LogP contribution >= 0.6 is 0 Å². The van der Waals surface area contributed by atoms with Crippen LogP contribution in [0.1, 0.15) is 32.7 Å². The Kier molecular flexibility index (Phi) is 5.36. The van der Waals surface area contributed by atoms with Crippen molar-refractivity contribution < 1.29 is 14.4 Å². The Bertz CT molecular complexity index is 681. The summed E-state index contributed by atoms with van der Waals surface area (Å²) in [4.78, 5) is 31.0. The van der Waals surface area contributed by atoms with Gasteiger partial charge in [0.25, 0.3) is 11.8 Å². The lowest BCUT2D eigenvalue weighted by Gasteiger charge is -2.14. The number of hydroxylamine groups is 1. The highest BCUT2D eigenvalue weighted by Crippen LogP contribution is 2.21. The van der Waals surface area contributed by atoms with E-state index in [1.165, 1.54) is 10.5 Å². The van der Waals surface area contributed by atoms with Gasteiger partial charge < -0.3 is 4.84 Å². The Hall–Kier alpha value is -2.50. The second-order valence-corrected chi connectivity index (χ2v) is 5.64. The number of amides is 2. The standard InChI is InChI=1S/C19H20N2O3/c22-18-16-10-4-5-11-17(16)19(23)21(18)13-12-20-24-14-6-9-15-7-2-1-3-8-15/h1-5,7-8,10-11,20H,6,9,12-14H2. The molecule has 1 N–H and O–H groups in total. The van der Waals surface area contributed by atoms with Gasteiger partial charge in [0.2, 0.25) is 0 Å². The van der Waals surface area contributed by atoms with Crippen LogP contribution in [0.3, 0.4) is 0 Å².